The Balaban J connectivity index is 0.000000132. The highest BCUT2D eigenvalue weighted by molar-refractivity contribution is 7.27. The van der Waals surface area contributed by atoms with E-state index in [1.54, 1.807) is 0 Å². The quantitative estimate of drug-likeness (QED) is 0.144. The fraction of sp³-hybridized carbons (Fsp3) is 0. The van der Waals surface area contributed by atoms with Crippen LogP contribution in [0.5, 0.6) is 0 Å². The zero-order chi connectivity index (χ0) is 72.1. The predicted molar refractivity (Wildman–Crippen MR) is 473 cm³/mol. The Hall–Kier alpha value is -13.9. The van der Waals surface area contributed by atoms with Gasteiger partial charge < -0.3 is 18.3 Å². The Labute approximate surface area is 640 Å². The van der Waals surface area contributed by atoms with Crippen molar-refractivity contribution >= 4 is 172 Å². The van der Waals surface area contributed by atoms with Gasteiger partial charge in [0.2, 0.25) is 0 Å². The van der Waals surface area contributed by atoms with Crippen molar-refractivity contribution in [1.82, 2.24) is 18.3 Å². The number of hydrogen-bond acceptors (Lipinski definition) is 2. The molecule has 6 heterocycles. The van der Waals surface area contributed by atoms with Gasteiger partial charge in [-0.3, -0.25) is 0 Å². The minimum atomic E-state index is 1.16. The molecule has 4 nitrogen and oxygen atoms in total. The lowest BCUT2D eigenvalue weighted by Gasteiger charge is -2.11. The summed E-state index contributed by atoms with van der Waals surface area (Å²) >= 11 is 3.80. The molecule has 0 fully saturated rings. The molecule has 0 saturated heterocycles. The molecule has 0 saturated carbocycles. The SMILES string of the molecule is c1ccc(-c2cccc(-n3c4ccc(-c5ccc6c(c5)c5ccccc5n6-c5ccc6ccccc6c5)cc4c4c5sc6ccccc6c5ccc43)c2)cc1.c1ccc(-c2cccc(-n3c4ccc(-c5ccc6c(c5)c5ccccc5n6-c5ccc6ccccc6c5)cc4c4ccc5c6ccccc6sc5c43)c2)cc1. The predicted octanol–water partition coefficient (Wildman–Crippen LogP) is 29.5. The standard InChI is InChI=1S/2C52H32N2S/c1-2-11-33(12-3-1)36-15-10-16-39(29-36)54-49-28-23-38(32-46(49)43-25-26-44-42-18-7-9-20-50(42)55-52(44)51(43)54)37-22-27-48-45(31-37)41-17-6-8-19-47(41)53(48)40-24-21-34-13-4-5-14-35(34)30-40;1-2-11-33(12-3-1)36-15-10-16-39(29-36)54-48-27-23-38(32-45(48)51-49(54)28-25-43-42-18-7-9-20-50(42)55-52(43)51)37-22-26-47-44(31-37)41-17-6-8-19-46(41)53(47)40-24-21-34-13-4-5-14-35(34)30-40/h2*1-32H. The molecular weight excluding hydrogens is 1370 g/mol. The molecule has 0 unspecified atom stereocenters. The zero-order valence-corrected chi connectivity index (χ0v) is 61.2. The maximum atomic E-state index is 2.50. The summed E-state index contributed by atoms with van der Waals surface area (Å²) in [5.74, 6) is 0. The van der Waals surface area contributed by atoms with Crippen LogP contribution in [0.1, 0.15) is 0 Å². The Morgan fingerprint density at radius 2 is 0.509 bits per heavy atom. The van der Waals surface area contributed by atoms with Gasteiger partial charge in [-0.2, -0.15) is 0 Å². The monoisotopic (exact) mass is 1430 g/mol. The van der Waals surface area contributed by atoms with Crippen molar-refractivity contribution in [3.8, 4) is 67.3 Å². The molecule has 0 N–H and O–H groups in total. The van der Waals surface area contributed by atoms with Crippen molar-refractivity contribution in [2.45, 2.75) is 0 Å². The van der Waals surface area contributed by atoms with Crippen LogP contribution in [0.4, 0.5) is 0 Å². The second-order valence-corrected chi connectivity index (χ2v) is 31.2. The molecule has 6 aromatic heterocycles. The maximum Gasteiger partial charge on any atom is 0.0719 e. The number of hydrogen-bond donors (Lipinski definition) is 0. The molecule has 0 bridgehead atoms. The molecule has 0 aliphatic rings. The lowest BCUT2D eigenvalue weighted by molar-refractivity contribution is 1.18. The fourth-order valence-electron chi connectivity index (χ4n) is 17.9. The third-order valence-corrected chi connectivity index (χ3v) is 25.4. The van der Waals surface area contributed by atoms with Crippen molar-refractivity contribution in [1.29, 1.82) is 0 Å². The van der Waals surface area contributed by atoms with Gasteiger partial charge in [0.05, 0.1) is 48.8 Å². The van der Waals surface area contributed by atoms with Gasteiger partial charge in [0.15, 0.2) is 0 Å². The summed E-state index contributed by atoms with van der Waals surface area (Å²) in [5, 5.41) is 20.4. The number of thiophene rings is 2. The van der Waals surface area contributed by atoms with E-state index in [0.29, 0.717) is 0 Å². The second kappa shape index (κ2) is 24.9. The first kappa shape index (κ1) is 62.3. The summed E-state index contributed by atoms with van der Waals surface area (Å²) in [6.45, 7) is 0. The van der Waals surface area contributed by atoms with Crippen LogP contribution in [0.3, 0.4) is 0 Å². The van der Waals surface area contributed by atoms with Crippen LogP contribution in [0, 0.1) is 0 Å². The highest BCUT2D eigenvalue weighted by Gasteiger charge is 2.24. The lowest BCUT2D eigenvalue weighted by atomic mass is 10.00. The number of rotatable bonds is 8. The number of benzene rings is 18. The van der Waals surface area contributed by atoms with Crippen LogP contribution in [0.15, 0.2) is 388 Å². The van der Waals surface area contributed by atoms with Gasteiger partial charge in [-0.15, -0.1) is 22.7 Å². The molecule has 6 heteroatoms. The number of aromatic nitrogens is 4. The average Bonchev–Trinajstić information content (AvgIpc) is 1.56. The number of para-hydroxylation sites is 2. The maximum absolute atomic E-state index is 2.50. The van der Waals surface area contributed by atoms with E-state index in [-0.39, 0.29) is 0 Å². The van der Waals surface area contributed by atoms with Crippen LogP contribution in [0.2, 0.25) is 0 Å². The van der Waals surface area contributed by atoms with Crippen LogP contribution in [-0.2, 0) is 0 Å². The van der Waals surface area contributed by atoms with E-state index < -0.39 is 0 Å². The van der Waals surface area contributed by atoms with E-state index in [1.165, 1.54) is 211 Å². The Kier molecular flexibility index (Phi) is 14.1. The molecule has 0 amide bonds. The van der Waals surface area contributed by atoms with Gasteiger partial charge in [0.25, 0.3) is 0 Å². The average molecular weight is 1430 g/mol. The van der Waals surface area contributed by atoms with E-state index >= 15 is 0 Å². The first-order valence-corrected chi connectivity index (χ1v) is 39.3. The summed E-state index contributed by atoms with van der Waals surface area (Å²) in [6, 6.07) is 143. The van der Waals surface area contributed by atoms with Crippen molar-refractivity contribution in [3.05, 3.63) is 388 Å². The van der Waals surface area contributed by atoms with Gasteiger partial charge in [0.1, 0.15) is 0 Å². The van der Waals surface area contributed by atoms with Crippen molar-refractivity contribution in [3.63, 3.8) is 0 Å². The molecule has 110 heavy (non-hydrogen) atoms. The summed E-state index contributed by atoms with van der Waals surface area (Å²) < 4.78 is 15.1. The third-order valence-electron chi connectivity index (χ3n) is 23.0. The molecule has 18 aromatic carbocycles. The smallest absolute Gasteiger partial charge is 0.0719 e. The number of fused-ring (bicyclic) bond motifs is 22. The van der Waals surface area contributed by atoms with Crippen LogP contribution in [0.25, 0.3) is 216 Å². The van der Waals surface area contributed by atoms with E-state index in [0.717, 1.165) is 5.69 Å². The van der Waals surface area contributed by atoms with E-state index in [1.807, 2.05) is 22.7 Å². The van der Waals surface area contributed by atoms with Crippen LogP contribution < -0.4 is 0 Å². The topological polar surface area (TPSA) is 19.7 Å². The summed E-state index contributed by atoms with van der Waals surface area (Å²) in [7, 11) is 0. The van der Waals surface area contributed by atoms with Gasteiger partial charge in [-0.25, -0.2) is 0 Å². The fourth-order valence-corrected chi connectivity index (χ4v) is 20.4. The van der Waals surface area contributed by atoms with Gasteiger partial charge in [-0.05, 0) is 193 Å². The van der Waals surface area contributed by atoms with Gasteiger partial charge in [-0.1, -0.05) is 261 Å². The Morgan fingerprint density at radius 1 is 0.164 bits per heavy atom. The molecule has 0 radical (unpaired) electrons. The minimum Gasteiger partial charge on any atom is -0.309 e. The van der Waals surface area contributed by atoms with E-state index in [4.69, 9.17) is 0 Å². The Bertz CT molecular complexity index is 7910. The number of nitrogens with zero attached hydrogens (tertiary/aromatic N) is 4. The molecule has 0 aliphatic heterocycles. The molecule has 24 rings (SSSR count). The van der Waals surface area contributed by atoms with Crippen molar-refractivity contribution in [2.75, 3.05) is 0 Å². The van der Waals surface area contributed by atoms with E-state index in [9.17, 15) is 0 Å². The highest BCUT2D eigenvalue weighted by Crippen LogP contribution is 2.48. The minimum absolute atomic E-state index is 1.16. The largest absolute Gasteiger partial charge is 0.309 e. The molecular formula is C104H64N4S2. The third kappa shape index (κ3) is 9.83. The van der Waals surface area contributed by atoms with Gasteiger partial charge >= 0.3 is 0 Å². The normalized spacial score (nSPS) is 12.0. The van der Waals surface area contributed by atoms with Crippen molar-refractivity contribution < 1.29 is 0 Å². The highest BCUT2D eigenvalue weighted by atomic mass is 32.1. The van der Waals surface area contributed by atoms with Crippen LogP contribution in [-0.4, -0.2) is 18.3 Å². The van der Waals surface area contributed by atoms with Gasteiger partial charge in [0, 0.05) is 101 Å². The summed E-state index contributed by atoms with van der Waals surface area (Å²) in [6.07, 6.45) is 0. The first-order valence-electron chi connectivity index (χ1n) is 37.7. The first-order chi connectivity index (χ1) is 54.5. The van der Waals surface area contributed by atoms with Crippen molar-refractivity contribution in [2.24, 2.45) is 0 Å². The molecule has 0 spiro atoms. The summed E-state index contributed by atoms with van der Waals surface area (Å²) in [5.41, 5.74) is 24.2. The molecule has 512 valence electrons. The lowest BCUT2D eigenvalue weighted by Crippen LogP contribution is -1.94. The molecule has 24 aromatic rings. The second-order valence-electron chi connectivity index (χ2n) is 29.1. The zero-order valence-electron chi connectivity index (χ0n) is 59.6. The summed E-state index contributed by atoms with van der Waals surface area (Å²) in [4.78, 5) is 0. The van der Waals surface area contributed by atoms with E-state index in [2.05, 4.69) is 407 Å². The Morgan fingerprint density at radius 3 is 1.05 bits per heavy atom. The molecule has 0 atom stereocenters. The van der Waals surface area contributed by atoms with Crippen LogP contribution >= 0.6 is 22.7 Å². The molecule has 0 aliphatic carbocycles.